The number of Topliss-reactive ketones (excluding diaryl/α,β-unsaturated/α-hetero) is 1. The molecule has 1 aromatic carbocycles. The minimum Gasteiger partial charge on any atom is -0.372 e. The summed E-state index contributed by atoms with van der Waals surface area (Å²) in [7, 11) is 0. The van der Waals surface area contributed by atoms with E-state index in [1.54, 1.807) is 17.9 Å². The molecule has 0 radical (unpaired) electrons. The fourth-order valence-corrected chi connectivity index (χ4v) is 5.89. The van der Waals surface area contributed by atoms with Crippen LogP contribution in [0.2, 0.25) is 0 Å². The van der Waals surface area contributed by atoms with Gasteiger partial charge in [0, 0.05) is 19.6 Å². The summed E-state index contributed by atoms with van der Waals surface area (Å²) < 4.78 is 27.4. The molecule has 3 aliphatic rings. The van der Waals surface area contributed by atoms with Crippen LogP contribution in [-0.2, 0) is 25.5 Å². The minimum absolute atomic E-state index is 0.0285. The number of imide groups is 1. The second-order valence-corrected chi connectivity index (χ2v) is 9.13. The summed E-state index contributed by atoms with van der Waals surface area (Å²) in [6.45, 7) is 9.18. The normalized spacial score (nSPS) is 29.3. The Morgan fingerprint density at radius 2 is 2.00 bits per heavy atom. The van der Waals surface area contributed by atoms with Crippen LogP contribution in [0.3, 0.4) is 0 Å². The first-order valence-corrected chi connectivity index (χ1v) is 11.4. The van der Waals surface area contributed by atoms with E-state index in [1.807, 2.05) is 25.7 Å². The van der Waals surface area contributed by atoms with Gasteiger partial charge in [0.25, 0.3) is 0 Å². The quantitative estimate of drug-likeness (QED) is 0.550. The average Bonchev–Trinajstić information content (AvgIpc) is 3.16. The molecule has 2 aromatic rings. The topological polar surface area (TPSA) is 105 Å². The molecule has 0 bridgehead atoms. The van der Waals surface area contributed by atoms with Gasteiger partial charge >= 0.3 is 0 Å². The van der Waals surface area contributed by atoms with Crippen molar-refractivity contribution in [3.8, 4) is 0 Å². The fraction of sp³-hybridized carbons (Fsp3) is 0.565. The number of nitrogens with one attached hydrogen (secondary N) is 1. The highest BCUT2D eigenvalue weighted by Gasteiger charge is 2.62. The summed E-state index contributed by atoms with van der Waals surface area (Å²) >= 11 is 0. The molecule has 5 rings (SSSR count). The molecule has 9 nitrogen and oxygen atoms in total. The molecule has 1 N–H and O–H groups in total. The highest BCUT2D eigenvalue weighted by atomic mass is 19.1. The standard InChI is InChI=1S/C23H27FN4O5/c1-5-27(6-2)21-14-7-13-9-23(15(29)8-16(30)25-22(23)31)20-12(4)32-11(3)10-28(20)18(13)17(24)19(14)33-26-21/h7,11-12,20H,5-6,8-10H2,1-4H3,(H,25,30,31)/t11-,12+,20-,23?/m1/s1. The molecule has 0 aliphatic carbocycles. The monoisotopic (exact) mass is 458 g/mol. The van der Waals surface area contributed by atoms with Gasteiger partial charge in [0.2, 0.25) is 17.4 Å². The van der Waals surface area contributed by atoms with E-state index < -0.39 is 47.4 Å². The molecule has 33 heavy (non-hydrogen) atoms. The maximum atomic E-state index is 16.0. The van der Waals surface area contributed by atoms with Crippen LogP contribution in [0, 0.1) is 11.2 Å². The van der Waals surface area contributed by atoms with Crippen LogP contribution in [0.1, 0.15) is 39.7 Å². The smallest absolute Gasteiger partial charge is 0.242 e. The first-order chi connectivity index (χ1) is 15.7. The zero-order valence-corrected chi connectivity index (χ0v) is 19.1. The summed E-state index contributed by atoms with van der Waals surface area (Å²) in [5, 5.41) is 6.97. The summed E-state index contributed by atoms with van der Waals surface area (Å²) in [5.41, 5.74) is -0.675. The van der Waals surface area contributed by atoms with Gasteiger partial charge in [-0.1, -0.05) is 5.16 Å². The van der Waals surface area contributed by atoms with Crippen LogP contribution in [0.5, 0.6) is 0 Å². The first-order valence-electron chi connectivity index (χ1n) is 11.4. The predicted octanol–water partition coefficient (Wildman–Crippen LogP) is 1.95. The van der Waals surface area contributed by atoms with Crippen LogP contribution in [-0.4, -0.2) is 60.6 Å². The number of ether oxygens (including phenoxy) is 1. The molecule has 1 aromatic heterocycles. The van der Waals surface area contributed by atoms with E-state index >= 15 is 4.39 Å². The number of amides is 2. The first kappa shape index (κ1) is 21.8. The Bertz CT molecular complexity index is 1150. The van der Waals surface area contributed by atoms with Gasteiger partial charge in [0.1, 0.15) is 5.41 Å². The van der Waals surface area contributed by atoms with E-state index in [0.717, 1.165) is 0 Å². The van der Waals surface area contributed by atoms with Crippen LogP contribution in [0.25, 0.3) is 11.0 Å². The molecule has 2 saturated heterocycles. The number of benzene rings is 1. The molecule has 176 valence electrons. The van der Waals surface area contributed by atoms with Gasteiger partial charge in [-0.2, -0.15) is 0 Å². The number of hydrogen-bond donors (Lipinski definition) is 1. The zero-order valence-electron chi connectivity index (χ0n) is 19.1. The number of piperidine rings is 1. The average molecular weight is 458 g/mol. The number of nitrogens with zero attached hydrogens (tertiary/aromatic N) is 3. The Hall–Kier alpha value is -3.01. The highest BCUT2D eigenvalue weighted by molar-refractivity contribution is 6.22. The van der Waals surface area contributed by atoms with E-state index in [-0.39, 0.29) is 24.7 Å². The van der Waals surface area contributed by atoms with Crippen molar-refractivity contribution in [3.05, 3.63) is 17.4 Å². The Balaban J connectivity index is 1.76. The van der Waals surface area contributed by atoms with E-state index in [1.165, 1.54) is 0 Å². The number of morpholine rings is 1. The van der Waals surface area contributed by atoms with E-state index in [4.69, 9.17) is 9.26 Å². The Kier molecular flexibility index (Phi) is 4.97. The maximum absolute atomic E-state index is 16.0. The van der Waals surface area contributed by atoms with Crippen molar-refractivity contribution < 1.29 is 28.0 Å². The summed E-state index contributed by atoms with van der Waals surface area (Å²) in [6, 6.07) is 1.02. The highest BCUT2D eigenvalue weighted by Crippen LogP contribution is 2.50. The second kappa shape index (κ2) is 7.51. The SMILES string of the molecule is CCN(CC)c1noc2c(F)c3c(cc12)CC1(C(=O)CC(=O)NC1=O)[C@H]1[C@H](C)O[C@H](C)CN31. The van der Waals surface area contributed by atoms with Crippen LogP contribution >= 0.6 is 0 Å². The summed E-state index contributed by atoms with van der Waals surface area (Å²) in [6.07, 6.45) is -1.21. The maximum Gasteiger partial charge on any atom is 0.242 e. The van der Waals surface area contributed by atoms with Crippen molar-refractivity contribution in [1.82, 2.24) is 10.5 Å². The molecule has 0 saturated carbocycles. The number of carbonyl (C=O) groups is 3. The Morgan fingerprint density at radius 1 is 1.27 bits per heavy atom. The van der Waals surface area contributed by atoms with Crippen molar-refractivity contribution in [2.75, 3.05) is 29.4 Å². The zero-order chi connectivity index (χ0) is 23.7. The number of halogens is 1. The molecule has 1 unspecified atom stereocenters. The van der Waals surface area contributed by atoms with Gasteiger partial charge in [-0.05, 0) is 45.7 Å². The lowest BCUT2D eigenvalue weighted by molar-refractivity contribution is -0.158. The van der Waals surface area contributed by atoms with Crippen molar-refractivity contribution in [3.63, 3.8) is 0 Å². The number of ketones is 1. The molecule has 1 spiro atoms. The lowest BCUT2D eigenvalue weighted by Gasteiger charge is -2.55. The van der Waals surface area contributed by atoms with E-state index in [0.29, 0.717) is 35.5 Å². The van der Waals surface area contributed by atoms with Crippen molar-refractivity contribution >= 4 is 40.1 Å². The van der Waals surface area contributed by atoms with Crippen LogP contribution < -0.4 is 15.1 Å². The lowest BCUT2D eigenvalue weighted by atomic mass is 9.63. The number of fused-ring (bicyclic) bond motifs is 5. The van der Waals surface area contributed by atoms with Crippen molar-refractivity contribution in [2.45, 2.75) is 58.8 Å². The third-order valence-corrected chi connectivity index (χ3v) is 7.22. The molecule has 2 fully saturated rings. The van der Waals surface area contributed by atoms with Gasteiger partial charge < -0.3 is 19.1 Å². The summed E-state index contributed by atoms with van der Waals surface area (Å²) in [5.74, 6) is -1.77. The Morgan fingerprint density at radius 3 is 2.67 bits per heavy atom. The fourth-order valence-electron chi connectivity index (χ4n) is 5.89. The van der Waals surface area contributed by atoms with Gasteiger partial charge in [0.05, 0.1) is 35.7 Å². The van der Waals surface area contributed by atoms with Gasteiger partial charge in [-0.15, -0.1) is 0 Å². The van der Waals surface area contributed by atoms with Crippen molar-refractivity contribution in [2.24, 2.45) is 5.41 Å². The number of aromatic nitrogens is 1. The van der Waals surface area contributed by atoms with Gasteiger partial charge in [-0.3, -0.25) is 19.7 Å². The number of anilines is 2. The Labute approximate surface area is 190 Å². The molecule has 10 heteroatoms. The van der Waals surface area contributed by atoms with E-state index in [2.05, 4.69) is 10.5 Å². The minimum atomic E-state index is -1.55. The van der Waals surface area contributed by atoms with E-state index in [9.17, 15) is 14.4 Å². The molecule has 4 atom stereocenters. The molecular weight excluding hydrogens is 431 g/mol. The third kappa shape index (κ3) is 2.92. The van der Waals surface area contributed by atoms with Crippen molar-refractivity contribution in [1.29, 1.82) is 0 Å². The molecule has 4 heterocycles. The number of hydrogen-bond acceptors (Lipinski definition) is 8. The van der Waals surface area contributed by atoms with Crippen LogP contribution in [0.4, 0.5) is 15.9 Å². The number of carbonyl (C=O) groups excluding carboxylic acids is 3. The predicted molar refractivity (Wildman–Crippen MR) is 118 cm³/mol. The van der Waals surface area contributed by atoms with Gasteiger partial charge in [-0.25, -0.2) is 4.39 Å². The molecular formula is C23H27FN4O5. The van der Waals surface area contributed by atoms with Crippen LogP contribution in [0.15, 0.2) is 10.6 Å². The second-order valence-electron chi connectivity index (χ2n) is 9.13. The number of rotatable bonds is 3. The molecule has 2 amide bonds. The molecule has 3 aliphatic heterocycles. The van der Waals surface area contributed by atoms with Gasteiger partial charge in [0.15, 0.2) is 17.4 Å². The lowest BCUT2D eigenvalue weighted by Crippen LogP contribution is -2.72. The third-order valence-electron chi connectivity index (χ3n) is 7.22. The largest absolute Gasteiger partial charge is 0.372 e. The summed E-state index contributed by atoms with van der Waals surface area (Å²) in [4.78, 5) is 42.3.